The van der Waals surface area contributed by atoms with Crippen LogP contribution in [0.25, 0.3) is 0 Å². The van der Waals surface area contributed by atoms with Crippen molar-refractivity contribution in [3.05, 3.63) is 84.4 Å². The van der Waals surface area contributed by atoms with Gasteiger partial charge in [0.2, 0.25) is 0 Å². The van der Waals surface area contributed by atoms with Crippen molar-refractivity contribution in [2.75, 3.05) is 18.0 Å². The normalized spacial score (nSPS) is 15.2. The molecule has 2 amide bonds. The topological polar surface area (TPSA) is 35.9 Å². The summed E-state index contributed by atoms with van der Waals surface area (Å²) in [6.45, 7) is 1.22. The fourth-order valence-corrected chi connectivity index (χ4v) is 4.56. The standard InChI is InChI=1S/C22H17N3OS/c26-22(24-15-14-23-21(24)16-8-2-1-3-9-16)25-17-10-4-6-12-19(17)27-20-13-7-5-11-18(20)25/h1-13H,14-15H2. The molecular formula is C22H17N3OS. The van der Waals surface area contributed by atoms with Crippen molar-refractivity contribution in [1.82, 2.24) is 4.90 Å². The molecule has 0 aliphatic carbocycles. The molecule has 0 atom stereocenters. The number of benzene rings is 3. The van der Waals surface area contributed by atoms with Crippen LogP contribution in [0.1, 0.15) is 5.56 Å². The number of para-hydroxylation sites is 2. The van der Waals surface area contributed by atoms with E-state index in [0.717, 1.165) is 32.6 Å². The number of amides is 2. The molecule has 0 radical (unpaired) electrons. The molecule has 132 valence electrons. The summed E-state index contributed by atoms with van der Waals surface area (Å²) >= 11 is 1.70. The maximum atomic E-state index is 13.7. The van der Waals surface area contributed by atoms with Gasteiger partial charge in [0, 0.05) is 21.9 Å². The second-order valence-electron chi connectivity index (χ2n) is 6.38. The lowest BCUT2D eigenvalue weighted by atomic mass is 10.2. The zero-order valence-electron chi connectivity index (χ0n) is 14.6. The van der Waals surface area contributed by atoms with Crippen LogP contribution in [0, 0.1) is 0 Å². The molecule has 0 spiro atoms. The summed E-state index contributed by atoms with van der Waals surface area (Å²) in [6, 6.07) is 26.0. The first-order valence-corrected chi connectivity index (χ1v) is 9.72. The lowest BCUT2D eigenvalue weighted by Gasteiger charge is -2.34. The van der Waals surface area contributed by atoms with E-state index in [-0.39, 0.29) is 6.03 Å². The van der Waals surface area contributed by atoms with Gasteiger partial charge in [0.1, 0.15) is 5.84 Å². The van der Waals surface area contributed by atoms with E-state index in [2.05, 4.69) is 17.1 Å². The van der Waals surface area contributed by atoms with Gasteiger partial charge >= 0.3 is 6.03 Å². The third-order valence-corrected chi connectivity index (χ3v) is 5.86. The van der Waals surface area contributed by atoms with Gasteiger partial charge in [0.25, 0.3) is 0 Å². The van der Waals surface area contributed by atoms with E-state index in [4.69, 9.17) is 0 Å². The number of carbonyl (C=O) groups excluding carboxylic acids is 1. The fourth-order valence-electron chi connectivity index (χ4n) is 3.50. The average Bonchev–Trinajstić information content (AvgIpc) is 3.22. The molecule has 0 aromatic heterocycles. The van der Waals surface area contributed by atoms with Gasteiger partial charge in [-0.25, -0.2) is 4.79 Å². The molecule has 2 aliphatic rings. The average molecular weight is 371 g/mol. The lowest BCUT2D eigenvalue weighted by Crippen LogP contribution is -2.44. The number of carbonyl (C=O) groups is 1. The molecule has 0 N–H and O–H groups in total. The fraction of sp³-hybridized carbons (Fsp3) is 0.0909. The van der Waals surface area contributed by atoms with Gasteiger partial charge in [-0.3, -0.25) is 14.8 Å². The largest absolute Gasteiger partial charge is 0.334 e. The number of hydrogen-bond donors (Lipinski definition) is 0. The first kappa shape index (κ1) is 16.1. The Kier molecular flexibility index (Phi) is 3.94. The second kappa shape index (κ2) is 6.59. The quantitative estimate of drug-likeness (QED) is 0.591. The summed E-state index contributed by atoms with van der Waals surface area (Å²) in [6.07, 6.45) is 0. The molecule has 2 aliphatic heterocycles. The van der Waals surface area contributed by atoms with Gasteiger partial charge in [0.15, 0.2) is 0 Å². The van der Waals surface area contributed by atoms with Crippen LogP contribution in [0.5, 0.6) is 0 Å². The van der Waals surface area contributed by atoms with E-state index in [1.54, 1.807) is 16.7 Å². The van der Waals surface area contributed by atoms with Crippen LogP contribution < -0.4 is 4.90 Å². The minimum Gasteiger partial charge on any atom is -0.276 e. The van der Waals surface area contributed by atoms with Gasteiger partial charge < -0.3 is 0 Å². The molecule has 4 nitrogen and oxygen atoms in total. The van der Waals surface area contributed by atoms with Crippen molar-refractivity contribution in [3.8, 4) is 0 Å². The van der Waals surface area contributed by atoms with Crippen LogP contribution in [0.4, 0.5) is 16.2 Å². The Balaban J connectivity index is 1.59. The minimum atomic E-state index is -0.0599. The molecule has 0 unspecified atom stereocenters. The Bertz CT molecular complexity index is 1000. The predicted molar refractivity (Wildman–Crippen MR) is 109 cm³/mol. The molecule has 5 rings (SSSR count). The number of fused-ring (bicyclic) bond motifs is 2. The van der Waals surface area contributed by atoms with Crippen LogP contribution in [-0.2, 0) is 0 Å². The third kappa shape index (κ3) is 2.71. The van der Waals surface area contributed by atoms with E-state index in [9.17, 15) is 4.79 Å². The smallest absolute Gasteiger partial charge is 0.276 e. The highest BCUT2D eigenvalue weighted by atomic mass is 32.2. The van der Waals surface area contributed by atoms with Gasteiger partial charge in [-0.05, 0) is 24.3 Å². The number of aliphatic imine (C=N–C) groups is 1. The monoisotopic (exact) mass is 371 g/mol. The Morgan fingerprint density at radius 2 is 1.41 bits per heavy atom. The number of nitrogens with zero attached hydrogens (tertiary/aromatic N) is 3. The van der Waals surface area contributed by atoms with Crippen molar-refractivity contribution in [3.63, 3.8) is 0 Å². The molecule has 5 heteroatoms. The molecule has 3 aromatic rings. The Morgan fingerprint density at radius 3 is 2.07 bits per heavy atom. The summed E-state index contributed by atoms with van der Waals surface area (Å²) in [5.74, 6) is 0.744. The first-order valence-electron chi connectivity index (χ1n) is 8.90. The maximum Gasteiger partial charge on any atom is 0.334 e. The summed E-state index contributed by atoms with van der Waals surface area (Å²) < 4.78 is 0. The van der Waals surface area contributed by atoms with Gasteiger partial charge in [-0.1, -0.05) is 66.4 Å². The second-order valence-corrected chi connectivity index (χ2v) is 7.46. The Labute approximate surface area is 162 Å². The highest BCUT2D eigenvalue weighted by molar-refractivity contribution is 7.99. The predicted octanol–water partition coefficient (Wildman–Crippen LogP) is 5.17. The van der Waals surface area contributed by atoms with Crippen LogP contribution in [0.15, 0.2) is 93.6 Å². The zero-order chi connectivity index (χ0) is 18.2. The third-order valence-electron chi connectivity index (χ3n) is 4.73. The summed E-state index contributed by atoms with van der Waals surface area (Å²) in [5, 5.41) is 0. The highest BCUT2D eigenvalue weighted by Gasteiger charge is 2.34. The van der Waals surface area contributed by atoms with Crippen molar-refractivity contribution >= 4 is 35.0 Å². The van der Waals surface area contributed by atoms with E-state index in [1.807, 2.05) is 71.6 Å². The maximum absolute atomic E-state index is 13.7. The molecule has 2 heterocycles. The van der Waals surface area contributed by atoms with Crippen LogP contribution in [0.3, 0.4) is 0 Å². The van der Waals surface area contributed by atoms with Crippen molar-refractivity contribution in [1.29, 1.82) is 0 Å². The SMILES string of the molecule is O=C(N1CCN=C1c1ccccc1)N1c2ccccc2Sc2ccccc21. The Morgan fingerprint density at radius 1 is 0.815 bits per heavy atom. The molecule has 27 heavy (non-hydrogen) atoms. The highest BCUT2D eigenvalue weighted by Crippen LogP contribution is 2.48. The summed E-state index contributed by atoms with van der Waals surface area (Å²) in [7, 11) is 0. The van der Waals surface area contributed by atoms with E-state index >= 15 is 0 Å². The van der Waals surface area contributed by atoms with Gasteiger partial charge in [0.05, 0.1) is 17.9 Å². The molecule has 0 fully saturated rings. The Hall–Kier alpha value is -3.05. The molecule has 0 bridgehead atoms. The first-order chi connectivity index (χ1) is 13.3. The van der Waals surface area contributed by atoms with Crippen LogP contribution >= 0.6 is 11.8 Å². The lowest BCUT2D eigenvalue weighted by molar-refractivity contribution is 0.232. The van der Waals surface area contributed by atoms with Crippen molar-refractivity contribution in [2.24, 2.45) is 4.99 Å². The molecule has 0 saturated heterocycles. The number of amidine groups is 1. The number of hydrogen-bond acceptors (Lipinski definition) is 3. The van der Waals surface area contributed by atoms with Crippen molar-refractivity contribution in [2.45, 2.75) is 9.79 Å². The van der Waals surface area contributed by atoms with E-state index in [0.29, 0.717) is 13.1 Å². The molecule has 3 aromatic carbocycles. The summed E-state index contributed by atoms with van der Waals surface area (Å²) in [5.41, 5.74) is 2.81. The number of rotatable bonds is 1. The minimum absolute atomic E-state index is 0.0599. The van der Waals surface area contributed by atoms with Crippen LogP contribution in [-0.4, -0.2) is 29.9 Å². The van der Waals surface area contributed by atoms with Crippen molar-refractivity contribution < 1.29 is 4.79 Å². The van der Waals surface area contributed by atoms with Crippen LogP contribution in [0.2, 0.25) is 0 Å². The zero-order valence-corrected chi connectivity index (χ0v) is 15.4. The van der Waals surface area contributed by atoms with E-state index in [1.165, 1.54) is 0 Å². The number of urea groups is 1. The summed E-state index contributed by atoms with van der Waals surface area (Å²) in [4.78, 5) is 24.1. The van der Waals surface area contributed by atoms with E-state index < -0.39 is 0 Å². The molecule has 0 saturated carbocycles. The van der Waals surface area contributed by atoms with Gasteiger partial charge in [-0.2, -0.15) is 0 Å². The van der Waals surface area contributed by atoms with Gasteiger partial charge in [-0.15, -0.1) is 0 Å². The molecular weight excluding hydrogens is 354 g/mol. The number of anilines is 2.